The van der Waals surface area contributed by atoms with Crippen LogP contribution in [0.25, 0.3) is 0 Å². The number of nitrogens with zero attached hydrogens (tertiary/aromatic N) is 2. The smallest absolute Gasteiger partial charge is 0.410 e. The van der Waals surface area contributed by atoms with Crippen molar-refractivity contribution in [3.63, 3.8) is 0 Å². The van der Waals surface area contributed by atoms with Gasteiger partial charge in [0.05, 0.1) is 6.54 Å². The van der Waals surface area contributed by atoms with Gasteiger partial charge in [0.15, 0.2) is 0 Å². The third-order valence-corrected chi connectivity index (χ3v) is 3.52. The summed E-state index contributed by atoms with van der Waals surface area (Å²) in [6.07, 6.45) is 0.526. The monoisotopic (exact) mass is 258 g/mol. The number of carbonyl (C=O) groups excluding carboxylic acids is 1. The molecule has 2 aliphatic heterocycles. The number of rotatable bonds is 1. The van der Waals surface area contributed by atoms with Crippen LogP contribution in [-0.4, -0.2) is 59.9 Å². The third-order valence-electron chi connectivity index (χ3n) is 3.52. The topological polar surface area (TPSA) is 32.8 Å². The molecule has 5 heteroatoms. The van der Waals surface area contributed by atoms with Gasteiger partial charge in [-0.2, -0.15) is 0 Å². The largest absolute Gasteiger partial charge is 0.444 e. The average molecular weight is 258 g/mol. The average Bonchev–Trinajstić information content (AvgIpc) is 2.15. The van der Waals surface area contributed by atoms with Gasteiger partial charge in [-0.3, -0.25) is 4.90 Å². The highest BCUT2D eigenvalue weighted by atomic mass is 19.1. The number of ether oxygens (including phenoxy) is 1. The van der Waals surface area contributed by atoms with E-state index in [1.54, 1.807) is 0 Å². The fourth-order valence-corrected chi connectivity index (χ4v) is 2.47. The molecule has 1 unspecified atom stereocenters. The molecule has 104 valence electrons. The molecule has 2 aliphatic rings. The van der Waals surface area contributed by atoms with Gasteiger partial charge in [-0.1, -0.05) is 0 Å². The Morgan fingerprint density at radius 3 is 2.39 bits per heavy atom. The van der Waals surface area contributed by atoms with Crippen LogP contribution in [0, 0.1) is 0 Å². The van der Waals surface area contributed by atoms with Gasteiger partial charge in [-0.25, -0.2) is 9.18 Å². The maximum atomic E-state index is 14.1. The van der Waals surface area contributed by atoms with Gasteiger partial charge in [0.25, 0.3) is 0 Å². The fraction of sp³-hybridized carbons (Fsp3) is 0.923. The van der Waals surface area contributed by atoms with Gasteiger partial charge < -0.3 is 9.64 Å². The number of amides is 1. The van der Waals surface area contributed by atoms with Crippen molar-refractivity contribution in [1.29, 1.82) is 0 Å². The van der Waals surface area contributed by atoms with Gasteiger partial charge in [-0.15, -0.1) is 0 Å². The summed E-state index contributed by atoms with van der Waals surface area (Å²) in [6, 6.07) is -0.00237. The number of halogens is 1. The van der Waals surface area contributed by atoms with Crippen molar-refractivity contribution in [2.24, 2.45) is 0 Å². The quantitative estimate of drug-likeness (QED) is 0.721. The van der Waals surface area contributed by atoms with Crippen molar-refractivity contribution in [2.75, 3.05) is 26.2 Å². The molecule has 2 atom stereocenters. The van der Waals surface area contributed by atoms with E-state index in [2.05, 4.69) is 4.90 Å². The zero-order valence-corrected chi connectivity index (χ0v) is 11.5. The number of likely N-dealkylation sites (tertiary alicyclic amines) is 2. The number of hydrogen-bond donors (Lipinski definition) is 0. The molecule has 4 nitrogen and oxygen atoms in total. The lowest BCUT2D eigenvalue weighted by Gasteiger charge is -2.44. The zero-order valence-electron chi connectivity index (χ0n) is 11.5. The summed E-state index contributed by atoms with van der Waals surface area (Å²) in [5.41, 5.74) is -0.517. The molecule has 18 heavy (non-hydrogen) atoms. The molecular weight excluding hydrogens is 235 g/mol. The lowest BCUT2D eigenvalue weighted by atomic mass is 9.98. The number of hydrogen-bond acceptors (Lipinski definition) is 3. The molecular formula is C13H23FN2O2. The normalized spacial score (nSPS) is 29.9. The van der Waals surface area contributed by atoms with E-state index in [4.69, 9.17) is 4.74 Å². The highest BCUT2D eigenvalue weighted by Gasteiger charge is 2.38. The molecule has 0 aliphatic carbocycles. The van der Waals surface area contributed by atoms with Crippen LogP contribution in [0.2, 0.25) is 0 Å². The second-order valence-corrected chi connectivity index (χ2v) is 6.19. The molecule has 0 aromatic heterocycles. The molecule has 2 fully saturated rings. The van der Waals surface area contributed by atoms with Crippen molar-refractivity contribution >= 4 is 6.09 Å². The van der Waals surface area contributed by atoms with Crippen LogP contribution >= 0.6 is 0 Å². The van der Waals surface area contributed by atoms with Crippen LogP contribution in [-0.2, 0) is 4.74 Å². The first-order valence-electron chi connectivity index (χ1n) is 6.73. The number of alkyl halides is 1. The maximum absolute atomic E-state index is 14.1. The molecule has 0 radical (unpaired) electrons. The van der Waals surface area contributed by atoms with Gasteiger partial charge in [-0.05, 0) is 46.7 Å². The van der Waals surface area contributed by atoms with E-state index in [-0.39, 0.29) is 12.6 Å². The summed E-state index contributed by atoms with van der Waals surface area (Å²) in [4.78, 5) is 15.5. The third kappa shape index (κ3) is 3.13. The minimum Gasteiger partial charge on any atom is -0.444 e. The first-order chi connectivity index (χ1) is 8.37. The SMILES string of the molecule is CC(C)(C)OC(=O)N1CC[C@H](N2CCC2)C(F)C1. The number of carbonyl (C=O) groups is 1. The summed E-state index contributed by atoms with van der Waals surface area (Å²) >= 11 is 0. The Hall–Kier alpha value is -0.840. The lowest BCUT2D eigenvalue weighted by Crippen LogP contribution is -2.57. The minimum atomic E-state index is -0.952. The predicted molar refractivity (Wildman–Crippen MR) is 67.3 cm³/mol. The maximum Gasteiger partial charge on any atom is 0.410 e. The first kappa shape index (κ1) is 13.6. The second-order valence-electron chi connectivity index (χ2n) is 6.19. The van der Waals surface area contributed by atoms with Crippen LogP contribution in [0.3, 0.4) is 0 Å². The van der Waals surface area contributed by atoms with E-state index in [9.17, 15) is 9.18 Å². The summed E-state index contributed by atoms with van der Waals surface area (Å²) in [5, 5.41) is 0. The van der Waals surface area contributed by atoms with Crippen molar-refractivity contribution < 1.29 is 13.9 Å². The standard InChI is InChI=1S/C13H23FN2O2/c1-13(2,3)18-12(17)16-8-5-11(10(14)9-16)15-6-4-7-15/h10-11H,4-9H2,1-3H3/t10?,11-/m0/s1. The van der Waals surface area contributed by atoms with Crippen LogP contribution in [0.4, 0.5) is 9.18 Å². The highest BCUT2D eigenvalue weighted by molar-refractivity contribution is 5.68. The Kier molecular flexibility index (Phi) is 3.80. The van der Waals surface area contributed by atoms with Crippen molar-refractivity contribution in [2.45, 2.75) is 51.4 Å². The Morgan fingerprint density at radius 2 is 1.94 bits per heavy atom. The van der Waals surface area contributed by atoms with Crippen LogP contribution < -0.4 is 0 Å². The van der Waals surface area contributed by atoms with Crippen molar-refractivity contribution in [3.8, 4) is 0 Å². The van der Waals surface area contributed by atoms with E-state index in [0.29, 0.717) is 13.0 Å². The molecule has 2 saturated heterocycles. The summed E-state index contributed by atoms with van der Waals surface area (Å²) in [5.74, 6) is 0. The molecule has 2 rings (SSSR count). The van der Waals surface area contributed by atoms with Gasteiger partial charge in [0.2, 0.25) is 0 Å². The molecule has 2 heterocycles. The van der Waals surface area contributed by atoms with E-state index >= 15 is 0 Å². The van der Waals surface area contributed by atoms with E-state index in [0.717, 1.165) is 13.1 Å². The van der Waals surface area contributed by atoms with Crippen LogP contribution in [0.1, 0.15) is 33.6 Å². The molecule has 1 amide bonds. The van der Waals surface area contributed by atoms with E-state index < -0.39 is 17.9 Å². The van der Waals surface area contributed by atoms with Crippen LogP contribution in [0.5, 0.6) is 0 Å². The number of piperidine rings is 1. The van der Waals surface area contributed by atoms with Crippen molar-refractivity contribution in [3.05, 3.63) is 0 Å². The van der Waals surface area contributed by atoms with Crippen molar-refractivity contribution in [1.82, 2.24) is 9.80 Å². The van der Waals surface area contributed by atoms with Crippen LogP contribution in [0.15, 0.2) is 0 Å². The zero-order chi connectivity index (χ0) is 13.3. The predicted octanol–water partition coefficient (Wildman–Crippen LogP) is 2.04. The molecule has 0 aromatic rings. The molecule has 0 spiro atoms. The van der Waals surface area contributed by atoms with Gasteiger partial charge in [0, 0.05) is 12.6 Å². The van der Waals surface area contributed by atoms with Gasteiger partial charge in [0.1, 0.15) is 11.8 Å². The highest BCUT2D eigenvalue weighted by Crippen LogP contribution is 2.24. The Morgan fingerprint density at radius 1 is 1.28 bits per heavy atom. The molecule has 0 N–H and O–H groups in total. The lowest BCUT2D eigenvalue weighted by molar-refractivity contribution is -0.0171. The Labute approximate surface area is 108 Å². The van der Waals surface area contributed by atoms with Gasteiger partial charge >= 0.3 is 6.09 Å². The molecule has 0 aromatic carbocycles. The molecule has 0 bridgehead atoms. The summed E-state index contributed by atoms with van der Waals surface area (Å²) in [7, 11) is 0. The summed E-state index contributed by atoms with van der Waals surface area (Å²) < 4.78 is 19.3. The minimum absolute atomic E-state index is 0.00237. The van der Waals surface area contributed by atoms with E-state index in [1.165, 1.54) is 11.3 Å². The molecule has 0 saturated carbocycles. The Balaban J connectivity index is 1.85. The van der Waals surface area contributed by atoms with E-state index in [1.807, 2.05) is 20.8 Å². The second kappa shape index (κ2) is 5.03. The first-order valence-corrected chi connectivity index (χ1v) is 6.73. The fourth-order valence-electron chi connectivity index (χ4n) is 2.47. The summed E-state index contributed by atoms with van der Waals surface area (Å²) in [6.45, 7) is 8.22. The Bertz CT molecular complexity index is 313.